The molecule has 28 heavy (non-hydrogen) atoms. The van der Waals surface area contributed by atoms with Gasteiger partial charge in [-0.25, -0.2) is 6.07 Å². The number of unbranched alkanes of at least 4 members (excludes halogenated alkanes) is 2. The van der Waals surface area contributed by atoms with Gasteiger partial charge in [0.1, 0.15) is 0 Å². The zero-order valence-electron chi connectivity index (χ0n) is 16.5. The topological polar surface area (TPSA) is 40.5 Å². The molecule has 1 aromatic carbocycles. The van der Waals surface area contributed by atoms with Crippen LogP contribution in [0.3, 0.4) is 0 Å². The first-order valence-electron chi connectivity index (χ1n) is 9.90. The third kappa shape index (κ3) is 6.35. The van der Waals surface area contributed by atoms with E-state index < -0.39 is 6.10 Å². The maximum absolute atomic E-state index is 12.4. The minimum absolute atomic E-state index is 0. The van der Waals surface area contributed by atoms with E-state index in [1.807, 2.05) is 35.2 Å². The molecular formula is C23H28NO2SY-. The van der Waals surface area contributed by atoms with Gasteiger partial charge in [-0.05, 0) is 30.5 Å². The van der Waals surface area contributed by atoms with Gasteiger partial charge in [-0.2, -0.15) is 6.07 Å². The van der Waals surface area contributed by atoms with Crippen molar-refractivity contribution in [1.29, 1.82) is 0 Å². The predicted molar refractivity (Wildman–Crippen MR) is 112 cm³/mol. The fourth-order valence-corrected chi connectivity index (χ4v) is 4.16. The van der Waals surface area contributed by atoms with Crippen molar-refractivity contribution in [3.8, 4) is 0 Å². The number of hydrogen-bond donors (Lipinski definition) is 1. The molecule has 1 aliphatic rings. The molecule has 1 saturated heterocycles. The fourth-order valence-electron chi connectivity index (χ4n) is 3.56. The second kappa shape index (κ2) is 12.0. The van der Waals surface area contributed by atoms with E-state index >= 15 is 0 Å². The van der Waals surface area contributed by atoms with Crippen LogP contribution < -0.4 is 4.90 Å². The smallest absolute Gasteiger partial charge is 0.227 e. The predicted octanol–water partition coefficient (Wildman–Crippen LogP) is 5.45. The van der Waals surface area contributed by atoms with Crippen molar-refractivity contribution in [2.45, 2.75) is 64.0 Å². The standard InChI is InChI=1S/C23H28NO2S.Y/c1-2-3-4-10-22(25)18-11-13-20(14-12-18)24-19(15-16-23(24)26)7-5-8-21-9-6-17-27-21;/h5-7,9,11-14,19,22,25H,2-4,8,10,15-16H2,1H3;/q-1;/b7-5+;/t19-,22?;/m0./s1. The normalized spacial score (nSPS) is 17.9. The zero-order valence-corrected chi connectivity index (χ0v) is 20.2. The molecule has 0 bridgehead atoms. The molecule has 3 rings (SSSR count). The number of aliphatic hydroxyl groups is 1. The van der Waals surface area contributed by atoms with Gasteiger partial charge in [0.2, 0.25) is 5.91 Å². The van der Waals surface area contributed by atoms with Crippen molar-refractivity contribution >= 4 is 22.9 Å². The SMILES string of the molecule is CCCCCC(O)c1ccc(N2C(=O)CC[C@@H]2/C=C/Cc2cc[c-]s2)cc1.[Y]. The monoisotopic (exact) mass is 471 g/mol. The van der Waals surface area contributed by atoms with Gasteiger partial charge in [0.15, 0.2) is 0 Å². The van der Waals surface area contributed by atoms with Crippen LogP contribution in [-0.2, 0) is 43.9 Å². The third-order valence-electron chi connectivity index (χ3n) is 5.10. The molecule has 1 unspecified atom stereocenters. The Balaban J connectivity index is 0.00000280. The summed E-state index contributed by atoms with van der Waals surface area (Å²) in [6.45, 7) is 2.16. The molecular weight excluding hydrogens is 443 g/mol. The Labute approximate surface area is 197 Å². The Hall–Kier alpha value is -0.806. The van der Waals surface area contributed by atoms with Crippen molar-refractivity contribution in [2.75, 3.05) is 4.90 Å². The maximum Gasteiger partial charge on any atom is 0.227 e. The summed E-state index contributed by atoms with van der Waals surface area (Å²) in [4.78, 5) is 15.6. The van der Waals surface area contributed by atoms with Crippen LogP contribution in [0.25, 0.3) is 0 Å². The van der Waals surface area contributed by atoms with E-state index in [1.165, 1.54) is 4.88 Å². The van der Waals surface area contributed by atoms with Gasteiger partial charge in [-0.15, -0.1) is 10.3 Å². The Morgan fingerprint density at radius 2 is 2.07 bits per heavy atom. The van der Waals surface area contributed by atoms with Crippen LogP contribution in [0.2, 0.25) is 0 Å². The molecule has 1 N–H and O–H groups in total. The zero-order chi connectivity index (χ0) is 19.1. The van der Waals surface area contributed by atoms with Crippen LogP contribution in [0.4, 0.5) is 5.69 Å². The van der Waals surface area contributed by atoms with Gasteiger partial charge in [0.05, 0.1) is 12.1 Å². The summed E-state index contributed by atoms with van der Waals surface area (Å²) < 4.78 is 0. The summed E-state index contributed by atoms with van der Waals surface area (Å²) in [5.74, 6) is 0.172. The molecule has 2 heterocycles. The summed E-state index contributed by atoms with van der Waals surface area (Å²) in [5.41, 5.74) is 1.85. The van der Waals surface area contributed by atoms with Crippen LogP contribution in [0, 0.1) is 5.38 Å². The van der Waals surface area contributed by atoms with E-state index in [0.29, 0.717) is 6.42 Å². The molecule has 147 valence electrons. The van der Waals surface area contributed by atoms with Crippen LogP contribution in [0.1, 0.15) is 62.0 Å². The first kappa shape index (κ1) is 23.5. The van der Waals surface area contributed by atoms with E-state index in [-0.39, 0.29) is 44.7 Å². The molecule has 1 aliphatic heterocycles. The summed E-state index contributed by atoms with van der Waals surface area (Å²) in [6.07, 6.45) is 10.3. The first-order chi connectivity index (χ1) is 13.2. The molecule has 3 nitrogen and oxygen atoms in total. The largest absolute Gasteiger partial charge is 0.388 e. The Morgan fingerprint density at radius 3 is 2.75 bits per heavy atom. The van der Waals surface area contributed by atoms with E-state index in [9.17, 15) is 9.90 Å². The molecule has 2 aromatic rings. The Bertz CT molecular complexity index is 742. The van der Waals surface area contributed by atoms with Gasteiger partial charge >= 0.3 is 0 Å². The minimum atomic E-state index is -0.418. The van der Waals surface area contributed by atoms with Crippen molar-refractivity contribution in [3.05, 3.63) is 64.4 Å². The van der Waals surface area contributed by atoms with Crippen LogP contribution >= 0.6 is 11.3 Å². The third-order valence-corrected chi connectivity index (χ3v) is 5.91. The number of benzene rings is 1. The molecule has 1 radical (unpaired) electrons. The first-order valence-corrected chi connectivity index (χ1v) is 10.7. The van der Waals surface area contributed by atoms with Gasteiger partial charge in [-0.3, -0.25) is 4.79 Å². The molecule has 0 spiro atoms. The van der Waals surface area contributed by atoms with E-state index in [4.69, 9.17) is 0 Å². The second-order valence-electron chi connectivity index (χ2n) is 7.12. The minimum Gasteiger partial charge on any atom is -0.388 e. The number of carbonyl (C=O) groups excluding carboxylic acids is 1. The van der Waals surface area contributed by atoms with Crippen molar-refractivity contribution in [2.24, 2.45) is 0 Å². The Morgan fingerprint density at radius 1 is 1.29 bits per heavy atom. The van der Waals surface area contributed by atoms with Gasteiger partial charge < -0.3 is 21.3 Å². The number of thiophene rings is 1. The van der Waals surface area contributed by atoms with Crippen LogP contribution in [0.5, 0.6) is 0 Å². The number of aliphatic hydroxyl groups excluding tert-OH is 1. The molecule has 0 aliphatic carbocycles. The molecule has 5 heteroatoms. The molecule has 0 saturated carbocycles. The number of rotatable bonds is 9. The van der Waals surface area contributed by atoms with Gasteiger partial charge in [0.25, 0.3) is 0 Å². The number of amides is 1. The van der Waals surface area contributed by atoms with Crippen molar-refractivity contribution in [1.82, 2.24) is 0 Å². The Kier molecular flexibility index (Phi) is 10.1. The van der Waals surface area contributed by atoms with Gasteiger partial charge in [0, 0.05) is 44.8 Å². The maximum atomic E-state index is 12.4. The van der Waals surface area contributed by atoms with Crippen molar-refractivity contribution < 1.29 is 42.6 Å². The van der Waals surface area contributed by atoms with Crippen LogP contribution in [-0.4, -0.2) is 17.1 Å². The van der Waals surface area contributed by atoms with Crippen LogP contribution in [0.15, 0.2) is 48.6 Å². The number of anilines is 1. The van der Waals surface area contributed by atoms with Gasteiger partial charge in [-0.1, -0.05) is 56.9 Å². The van der Waals surface area contributed by atoms with E-state index in [2.05, 4.69) is 30.5 Å². The summed E-state index contributed by atoms with van der Waals surface area (Å²) in [7, 11) is 0. The number of allylic oxidation sites excluding steroid dienone is 1. The summed E-state index contributed by atoms with van der Waals surface area (Å²) in [5, 5.41) is 13.4. The molecule has 1 aromatic heterocycles. The van der Waals surface area contributed by atoms with E-state index in [0.717, 1.165) is 49.8 Å². The second-order valence-corrected chi connectivity index (χ2v) is 8.09. The average molecular weight is 471 g/mol. The quantitative estimate of drug-likeness (QED) is 0.300. The summed E-state index contributed by atoms with van der Waals surface area (Å²) in [6, 6.07) is 12.0. The number of nitrogens with zero attached hydrogens (tertiary/aromatic N) is 1. The average Bonchev–Trinajstić information content (AvgIpc) is 3.32. The molecule has 1 amide bonds. The number of hydrogen-bond acceptors (Lipinski definition) is 3. The molecule has 2 atom stereocenters. The summed E-state index contributed by atoms with van der Waals surface area (Å²) >= 11 is 1.63. The fraction of sp³-hybridized carbons (Fsp3) is 0.435. The molecule has 1 fully saturated rings. The number of carbonyl (C=O) groups is 1. The van der Waals surface area contributed by atoms with Crippen molar-refractivity contribution in [3.63, 3.8) is 0 Å². The van der Waals surface area contributed by atoms with E-state index in [1.54, 1.807) is 11.3 Å².